The molecule has 0 aliphatic rings. The van der Waals surface area contributed by atoms with E-state index >= 15 is 0 Å². The molecule has 0 rings (SSSR count). The predicted molar refractivity (Wildman–Crippen MR) is 72.9 cm³/mol. The Labute approximate surface area is 118 Å². The number of hydrogen-bond donors (Lipinski definition) is 4. The number of aliphatic hydroxyl groups excluding tert-OH is 1. The summed E-state index contributed by atoms with van der Waals surface area (Å²) in [5.41, 5.74) is 0. The third-order valence-electron chi connectivity index (χ3n) is 2.91. The summed E-state index contributed by atoms with van der Waals surface area (Å²) in [5, 5.41) is 22.8. The lowest BCUT2D eigenvalue weighted by Crippen LogP contribution is -2.44. The van der Waals surface area contributed by atoms with E-state index in [1.54, 1.807) is 13.8 Å². The van der Waals surface area contributed by atoms with Crippen molar-refractivity contribution in [3.05, 3.63) is 0 Å². The minimum absolute atomic E-state index is 0.0350. The second-order valence-corrected chi connectivity index (χ2v) is 4.98. The van der Waals surface area contributed by atoms with Gasteiger partial charge in [-0.3, -0.25) is 9.59 Å². The summed E-state index contributed by atoms with van der Waals surface area (Å²) >= 11 is 0. The summed E-state index contributed by atoms with van der Waals surface area (Å²) in [5.74, 6) is -2.14. The SMILES string of the molecule is CCC(CO)NC(=O)CCC(=O)NC(C(=O)O)C(C)C. The van der Waals surface area contributed by atoms with Gasteiger partial charge in [-0.15, -0.1) is 0 Å². The van der Waals surface area contributed by atoms with Gasteiger partial charge in [0.05, 0.1) is 12.6 Å². The molecule has 0 aliphatic heterocycles. The molecule has 0 saturated carbocycles. The Hall–Kier alpha value is -1.63. The number of carboxylic acids is 1. The Morgan fingerprint density at radius 1 is 1.05 bits per heavy atom. The van der Waals surface area contributed by atoms with Gasteiger partial charge in [-0.1, -0.05) is 20.8 Å². The maximum atomic E-state index is 11.6. The van der Waals surface area contributed by atoms with Crippen LogP contribution in [0.1, 0.15) is 40.0 Å². The molecule has 0 heterocycles. The lowest BCUT2D eigenvalue weighted by atomic mass is 10.0. The van der Waals surface area contributed by atoms with E-state index in [0.717, 1.165) is 0 Å². The van der Waals surface area contributed by atoms with E-state index in [0.29, 0.717) is 6.42 Å². The van der Waals surface area contributed by atoms with Crippen molar-refractivity contribution in [3.8, 4) is 0 Å². The van der Waals surface area contributed by atoms with Gasteiger partial charge < -0.3 is 20.8 Å². The fraction of sp³-hybridized carbons (Fsp3) is 0.769. The lowest BCUT2D eigenvalue weighted by Gasteiger charge is -2.18. The zero-order valence-corrected chi connectivity index (χ0v) is 12.2. The third kappa shape index (κ3) is 7.08. The van der Waals surface area contributed by atoms with E-state index in [9.17, 15) is 14.4 Å². The molecule has 0 radical (unpaired) electrons. The van der Waals surface area contributed by atoms with E-state index in [1.165, 1.54) is 0 Å². The highest BCUT2D eigenvalue weighted by Crippen LogP contribution is 2.03. The summed E-state index contributed by atoms with van der Waals surface area (Å²) in [7, 11) is 0. The topological polar surface area (TPSA) is 116 Å². The molecular formula is C13H24N2O5. The second-order valence-electron chi connectivity index (χ2n) is 4.98. The summed E-state index contributed by atoms with van der Waals surface area (Å²) in [6.45, 7) is 5.06. The van der Waals surface area contributed by atoms with Crippen LogP contribution in [0.5, 0.6) is 0 Å². The number of amides is 2. The molecule has 20 heavy (non-hydrogen) atoms. The Morgan fingerprint density at radius 3 is 1.90 bits per heavy atom. The number of aliphatic hydroxyl groups is 1. The van der Waals surface area contributed by atoms with Crippen LogP contribution in [0.25, 0.3) is 0 Å². The number of hydrogen-bond acceptors (Lipinski definition) is 4. The molecule has 0 aromatic rings. The van der Waals surface area contributed by atoms with Crippen molar-refractivity contribution in [2.75, 3.05) is 6.61 Å². The van der Waals surface area contributed by atoms with Crippen LogP contribution in [0.2, 0.25) is 0 Å². The minimum Gasteiger partial charge on any atom is -0.480 e. The smallest absolute Gasteiger partial charge is 0.326 e. The molecule has 0 aromatic heterocycles. The number of carbonyl (C=O) groups excluding carboxylic acids is 2. The molecule has 0 saturated heterocycles. The number of rotatable bonds is 9. The standard InChI is InChI=1S/C13H24N2O5/c1-4-9(7-16)14-10(17)5-6-11(18)15-12(8(2)3)13(19)20/h8-9,12,16H,4-7H2,1-3H3,(H,14,17)(H,15,18)(H,19,20). The fourth-order valence-corrected chi connectivity index (χ4v) is 1.56. The van der Waals surface area contributed by atoms with Gasteiger partial charge in [0.15, 0.2) is 0 Å². The zero-order chi connectivity index (χ0) is 15.7. The van der Waals surface area contributed by atoms with E-state index in [-0.39, 0.29) is 37.3 Å². The van der Waals surface area contributed by atoms with Crippen LogP contribution in [-0.2, 0) is 14.4 Å². The van der Waals surface area contributed by atoms with Crippen molar-refractivity contribution in [2.24, 2.45) is 5.92 Å². The molecule has 0 bridgehead atoms. The first-order chi connectivity index (χ1) is 9.31. The highest BCUT2D eigenvalue weighted by molar-refractivity contribution is 5.87. The number of carboxylic acid groups (broad SMARTS) is 1. The van der Waals surface area contributed by atoms with Gasteiger partial charge in [0.1, 0.15) is 6.04 Å². The normalized spacial score (nSPS) is 13.7. The quantitative estimate of drug-likeness (QED) is 0.472. The van der Waals surface area contributed by atoms with Crippen molar-refractivity contribution in [3.63, 3.8) is 0 Å². The molecule has 0 spiro atoms. The van der Waals surface area contributed by atoms with Crippen LogP contribution in [0.15, 0.2) is 0 Å². The summed E-state index contributed by atoms with van der Waals surface area (Å²) < 4.78 is 0. The van der Waals surface area contributed by atoms with Crippen LogP contribution in [0.3, 0.4) is 0 Å². The molecule has 7 heteroatoms. The molecule has 2 amide bonds. The monoisotopic (exact) mass is 288 g/mol. The second kappa shape index (κ2) is 9.30. The highest BCUT2D eigenvalue weighted by atomic mass is 16.4. The molecule has 2 unspecified atom stereocenters. The summed E-state index contributed by atoms with van der Waals surface area (Å²) in [6.07, 6.45) is 0.486. The van der Waals surface area contributed by atoms with E-state index < -0.39 is 17.9 Å². The summed E-state index contributed by atoms with van der Waals surface area (Å²) in [4.78, 5) is 34.0. The van der Waals surface area contributed by atoms with Crippen molar-refractivity contribution < 1.29 is 24.6 Å². The fourth-order valence-electron chi connectivity index (χ4n) is 1.56. The summed E-state index contributed by atoms with van der Waals surface area (Å²) in [6, 6.07) is -1.26. The van der Waals surface area contributed by atoms with Gasteiger partial charge in [-0.25, -0.2) is 4.79 Å². The Balaban J connectivity index is 4.16. The van der Waals surface area contributed by atoms with E-state index in [2.05, 4.69) is 10.6 Å². The molecule has 0 aliphatic carbocycles. The average Bonchev–Trinajstić information content (AvgIpc) is 2.38. The van der Waals surface area contributed by atoms with Crippen molar-refractivity contribution in [2.45, 2.75) is 52.1 Å². The van der Waals surface area contributed by atoms with Gasteiger partial charge in [0, 0.05) is 12.8 Å². The maximum absolute atomic E-state index is 11.6. The first-order valence-electron chi connectivity index (χ1n) is 6.74. The van der Waals surface area contributed by atoms with Crippen molar-refractivity contribution >= 4 is 17.8 Å². The first kappa shape index (κ1) is 18.4. The van der Waals surface area contributed by atoms with Crippen LogP contribution < -0.4 is 10.6 Å². The van der Waals surface area contributed by atoms with Gasteiger partial charge in [0.25, 0.3) is 0 Å². The minimum atomic E-state index is -1.09. The largest absolute Gasteiger partial charge is 0.480 e. The van der Waals surface area contributed by atoms with E-state index in [1.807, 2.05) is 6.92 Å². The average molecular weight is 288 g/mol. The number of nitrogens with one attached hydrogen (secondary N) is 2. The van der Waals surface area contributed by atoms with Gasteiger partial charge in [-0.05, 0) is 12.3 Å². The molecular weight excluding hydrogens is 264 g/mol. The lowest BCUT2D eigenvalue weighted by molar-refractivity contribution is -0.143. The van der Waals surface area contributed by atoms with Crippen LogP contribution >= 0.6 is 0 Å². The first-order valence-corrected chi connectivity index (χ1v) is 6.74. The maximum Gasteiger partial charge on any atom is 0.326 e. The molecule has 116 valence electrons. The molecule has 0 aromatic carbocycles. The van der Waals surface area contributed by atoms with Gasteiger partial charge >= 0.3 is 5.97 Å². The highest BCUT2D eigenvalue weighted by Gasteiger charge is 2.23. The zero-order valence-electron chi connectivity index (χ0n) is 12.2. The van der Waals surface area contributed by atoms with Crippen LogP contribution in [0, 0.1) is 5.92 Å². The molecule has 4 N–H and O–H groups in total. The molecule has 2 atom stereocenters. The Morgan fingerprint density at radius 2 is 1.55 bits per heavy atom. The van der Waals surface area contributed by atoms with Gasteiger partial charge in [0.2, 0.25) is 11.8 Å². The Bertz CT molecular complexity index is 340. The van der Waals surface area contributed by atoms with Crippen LogP contribution in [-0.4, -0.2) is 46.7 Å². The predicted octanol–water partition coefficient (Wildman–Crippen LogP) is -0.121. The van der Waals surface area contributed by atoms with Gasteiger partial charge in [-0.2, -0.15) is 0 Å². The van der Waals surface area contributed by atoms with Crippen molar-refractivity contribution in [1.82, 2.24) is 10.6 Å². The van der Waals surface area contributed by atoms with E-state index in [4.69, 9.17) is 10.2 Å². The molecule has 7 nitrogen and oxygen atoms in total. The molecule has 0 fully saturated rings. The third-order valence-corrected chi connectivity index (χ3v) is 2.91. The Kier molecular flexibility index (Phi) is 8.54. The van der Waals surface area contributed by atoms with Crippen molar-refractivity contribution in [1.29, 1.82) is 0 Å². The number of carbonyl (C=O) groups is 3. The number of aliphatic carboxylic acids is 1. The van der Waals surface area contributed by atoms with Crippen LogP contribution in [0.4, 0.5) is 0 Å².